The summed E-state index contributed by atoms with van der Waals surface area (Å²) in [6.45, 7) is 1.87. The third-order valence-electron chi connectivity index (χ3n) is 2.64. The number of hydrogen-bond acceptors (Lipinski definition) is 2. The Kier molecular flexibility index (Phi) is 4.43. The van der Waals surface area contributed by atoms with Crippen LogP contribution in [0.1, 0.15) is 15.9 Å². The van der Waals surface area contributed by atoms with Gasteiger partial charge in [0.2, 0.25) is 0 Å². The molecule has 104 valence electrons. The van der Waals surface area contributed by atoms with Crippen molar-refractivity contribution >= 4 is 46.4 Å². The molecule has 0 spiro atoms. The number of carbonyl (C=O) groups is 1. The van der Waals surface area contributed by atoms with E-state index < -0.39 is 5.91 Å². The molecule has 0 saturated heterocycles. The first kappa shape index (κ1) is 15.0. The van der Waals surface area contributed by atoms with Gasteiger partial charge in [-0.15, -0.1) is 0 Å². The van der Waals surface area contributed by atoms with Crippen LogP contribution in [0.3, 0.4) is 0 Å². The average Bonchev–Trinajstić information content (AvgIpc) is 2.38. The van der Waals surface area contributed by atoms with Crippen LogP contribution in [0.25, 0.3) is 0 Å². The zero-order valence-corrected chi connectivity index (χ0v) is 12.6. The molecule has 0 radical (unpaired) electrons. The number of aromatic hydroxyl groups is 1. The van der Waals surface area contributed by atoms with E-state index in [0.717, 1.165) is 5.56 Å². The second kappa shape index (κ2) is 5.92. The average molecular weight is 331 g/mol. The molecule has 2 N–H and O–H groups in total. The number of anilines is 1. The van der Waals surface area contributed by atoms with Gasteiger partial charge in [0.1, 0.15) is 5.75 Å². The Morgan fingerprint density at radius 3 is 2.50 bits per heavy atom. The Labute approximate surface area is 131 Å². The van der Waals surface area contributed by atoms with Gasteiger partial charge in [-0.25, -0.2) is 0 Å². The lowest BCUT2D eigenvalue weighted by Gasteiger charge is -2.10. The van der Waals surface area contributed by atoms with Crippen molar-refractivity contribution < 1.29 is 9.90 Å². The minimum Gasteiger partial charge on any atom is -0.506 e. The molecule has 2 aromatic carbocycles. The molecule has 3 nitrogen and oxygen atoms in total. The first-order chi connectivity index (χ1) is 9.38. The number of hydrogen-bond donors (Lipinski definition) is 2. The van der Waals surface area contributed by atoms with E-state index in [9.17, 15) is 9.90 Å². The van der Waals surface area contributed by atoms with Crippen molar-refractivity contribution in [1.29, 1.82) is 0 Å². The summed E-state index contributed by atoms with van der Waals surface area (Å²) in [4.78, 5) is 12.2. The second-order valence-electron chi connectivity index (χ2n) is 4.22. The fraction of sp³-hybridized carbons (Fsp3) is 0.0714. The first-order valence-corrected chi connectivity index (χ1v) is 6.77. The molecule has 0 unspecified atom stereocenters. The maximum atomic E-state index is 12.2. The van der Waals surface area contributed by atoms with Gasteiger partial charge in [-0.05, 0) is 36.8 Å². The molecule has 2 rings (SSSR count). The zero-order chi connectivity index (χ0) is 14.9. The minimum absolute atomic E-state index is 0.0120. The molecule has 20 heavy (non-hydrogen) atoms. The van der Waals surface area contributed by atoms with Gasteiger partial charge in [-0.2, -0.15) is 0 Å². The Bertz CT molecular complexity index is 686. The van der Waals surface area contributed by atoms with E-state index in [1.807, 2.05) is 13.0 Å². The third-order valence-corrected chi connectivity index (χ3v) is 3.48. The molecule has 2 aromatic rings. The summed E-state index contributed by atoms with van der Waals surface area (Å²) in [6.07, 6.45) is 0. The molecule has 0 bridgehead atoms. The van der Waals surface area contributed by atoms with E-state index in [0.29, 0.717) is 10.7 Å². The quantitative estimate of drug-likeness (QED) is 0.821. The zero-order valence-electron chi connectivity index (χ0n) is 10.4. The van der Waals surface area contributed by atoms with E-state index in [-0.39, 0.29) is 21.4 Å². The van der Waals surface area contributed by atoms with E-state index in [2.05, 4.69) is 5.32 Å². The number of rotatable bonds is 2. The minimum atomic E-state index is -0.542. The van der Waals surface area contributed by atoms with Gasteiger partial charge in [0, 0.05) is 5.02 Å². The number of halogens is 3. The number of carbonyl (C=O) groups excluding carboxylic acids is 1. The van der Waals surface area contributed by atoms with Crippen LogP contribution in [0, 0.1) is 6.92 Å². The highest BCUT2D eigenvalue weighted by atomic mass is 35.5. The first-order valence-electron chi connectivity index (χ1n) is 5.64. The van der Waals surface area contributed by atoms with Crippen LogP contribution < -0.4 is 5.32 Å². The van der Waals surface area contributed by atoms with Crippen molar-refractivity contribution in [1.82, 2.24) is 0 Å². The second-order valence-corrected chi connectivity index (χ2v) is 5.47. The van der Waals surface area contributed by atoms with Gasteiger partial charge >= 0.3 is 0 Å². The van der Waals surface area contributed by atoms with Gasteiger partial charge in [0.25, 0.3) is 5.91 Å². The molecular formula is C14H10Cl3NO2. The van der Waals surface area contributed by atoms with Crippen LogP contribution in [0.5, 0.6) is 5.75 Å². The van der Waals surface area contributed by atoms with E-state index in [1.165, 1.54) is 12.1 Å². The highest BCUT2D eigenvalue weighted by Crippen LogP contribution is 2.32. The van der Waals surface area contributed by atoms with Crippen LogP contribution in [-0.2, 0) is 0 Å². The Hall–Kier alpha value is -1.42. The van der Waals surface area contributed by atoms with Crippen LogP contribution in [0.4, 0.5) is 5.69 Å². The number of phenolic OH excluding ortho intramolecular Hbond substituents is 1. The molecule has 0 aliphatic heterocycles. The fourth-order valence-electron chi connectivity index (χ4n) is 1.66. The predicted molar refractivity (Wildman–Crippen MR) is 82.3 cm³/mol. The van der Waals surface area contributed by atoms with Gasteiger partial charge < -0.3 is 10.4 Å². The molecule has 0 heterocycles. The molecule has 0 aliphatic rings. The van der Waals surface area contributed by atoms with Crippen molar-refractivity contribution in [2.75, 3.05) is 5.32 Å². The SMILES string of the molecule is Cc1ccc(Cl)c(NC(=O)c2cc(Cl)cc(Cl)c2O)c1. The summed E-state index contributed by atoms with van der Waals surface area (Å²) in [5, 5.41) is 13.1. The number of phenols is 1. The van der Waals surface area contributed by atoms with E-state index in [4.69, 9.17) is 34.8 Å². The number of nitrogens with one attached hydrogen (secondary N) is 1. The van der Waals surface area contributed by atoms with Crippen molar-refractivity contribution in [3.63, 3.8) is 0 Å². The van der Waals surface area contributed by atoms with Crippen LogP contribution >= 0.6 is 34.8 Å². The molecule has 0 saturated carbocycles. The summed E-state index contributed by atoms with van der Waals surface area (Å²) in [5.41, 5.74) is 1.38. The van der Waals surface area contributed by atoms with Gasteiger partial charge in [-0.3, -0.25) is 4.79 Å². The Morgan fingerprint density at radius 2 is 1.80 bits per heavy atom. The Balaban J connectivity index is 2.35. The highest BCUT2D eigenvalue weighted by molar-refractivity contribution is 6.37. The van der Waals surface area contributed by atoms with E-state index in [1.54, 1.807) is 12.1 Å². The van der Waals surface area contributed by atoms with Crippen LogP contribution in [-0.4, -0.2) is 11.0 Å². The topological polar surface area (TPSA) is 49.3 Å². The number of benzene rings is 2. The lowest BCUT2D eigenvalue weighted by Crippen LogP contribution is -2.12. The summed E-state index contributed by atoms with van der Waals surface area (Å²) >= 11 is 17.6. The van der Waals surface area contributed by atoms with Gasteiger partial charge in [0.05, 0.1) is 21.3 Å². The van der Waals surface area contributed by atoms with Crippen molar-refractivity contribution in [2.45, 2.75) is 6.92 Å². The van der Waals surface area contributed by atoms with Gasteiger partial charge in [0.15, 0.2) is 0 Å². The van der Waals surface area contributed by atoms with Crippen molar-refractivity contribution in [2.24, 2.45) is 0 Å². The van der Waals surface area contributed by atoms with Gasteiger partial charge in [-0.1, -0.05) is 40.9 Å². The summed E-state index contributed by atoms with van der Waals surface area (Å²) in [6, 6.07) is 7.92. The van der Waals surface area contributed by atoms with E-state index >= 15 is 0 Å². The molecule has 0 fully saturated rings. The largest absolute Gasteiger partial charge is 0.506 e. The molecule has 0 atom stereocenters. The van der Waals surface area contributed by atoms with Crippen molar-refractivity contribution in [3.8, 4) is 5.75 Å². The summed E-state index contributed by atoms with van der Waals surface area (Å²) in [5.74, 6) is -0.864. The number of amides is 1. The van der Waals surface area contributed by atoms with Crippen LogP contribution in [0.15, 0.2) is 30.3 Å². The molecule has 0 aromatic heterocycles. The third kappa shape index (κ3) is 3.18. The Morgan fingerprint density at radius 1 is 1.10 bits per heavy atom. The maximum absolute atomic E-state index is 12.2. The summed E-state index contributed by atoms with van der Waals surface area (Å²) in [7, 11) is 0. The van der Waals surface area contributed by atoms with Crippen molar-refractivity contribution in [3.05, 3.63) is 56.5 Å². The fourth-order valence-corrected chi connectivity index (χ4v) is 2.32. The maximum Gasteiger partial charge on any atom is 0.259 e. The normalized spacial score (nSPS) is 10.4. The molecule has 6 heteroatoms. The predicted octanol–water partition coefficient (Wildman–Crippen LogP) is 4.91. The lowest BCUT2D eigenvalue weighted by molar-refractivity contribution is 0.102. The monoisotopic (exact) mass is 329 g/mol. The molecule has 0 aliphatic carbocycles. The highest BCUT2D eigenvalue weighted by Gasteiger charge is 2.16. The van der Waals surface area contributed by atoms with Crippen LogP contribution in [0.2, 0.25) is 15.1 Å². The number of aryl methyl sites for hydroxylation is 1. The molecular weight excluding hydrogens is 321 g/mol. The summed E-state index contributed by atoms with van der Waals surface area (Å²) < 4.78 is 0. The smallest absolute Gasteiger partial charge is 0.259 e. The standard InChI is InChI=1S/C14H10Cl3NO2/c1-7-2-3-10(16)12(4-7)18-14(20)9-5-8(15)6-11(17)13(9)19/h2-6,19H,1H3,(H,18,20). The molecule has 1 amide bonds. The lowest BCUT2D eigenvalue weighted by atomic mass is 10.1.